The number of halogens is 6. The third kappa shape index (κ3) is 5.97. The average Bonchev–Trinajstić information content (AvgIpc) is 2.47. The average molecular weight is 374 g/mol. The number of methoxy groups -OCH3 is 1. The van der Waals surface area contributed by atoms with Crippen LogP contribution in [0.1, 0.15) is 5.56 Å². The third-order valence-electron chi connectivity index (χ3n) is 2.45. The second kappa shape index (κ2) is 7.40. The molecule has 0 atom stereocenters. The van der Waals surface area contributed by atoms with E-state index in [1.165, 1.54) is 0 Å². The first kappa shape index (κ1) is 20.3. The van der Waals surface area contributed by atoms with E-state index in [0.29, 0.717) is 12.1 Å². The third-order valence-corrected chi connectivity index (χ3v) is 2.45. The summed E-state index contributed by atoms with van der Waals surface area (Å²) in [7, 11) is 1.02. The topological polar surface area (TPSA) is 78.9 Å². The lowest BCUT2D eigenvalue weighted by Gasteiger charge is -2.13. The van der Waals surface area contributed by atoms with Gasteiger partial charge in [-0.1, -0.05) is 6.07 Å². The molecule has 1 aromatic rings. The molecule has 0 spiro atoms. The van der Waals surface area contributed by atoms with E-state index >= 15 is 0 Å². The van der Waals surface area contributed by atoms with Gasteiger partial charge in [0.05, 0.1) is 13.5 Å². The van der Waals surface area contributed by atoms with Crippen LogP contribution in [-0.4, -0.2) is 37.4 Å². The predicted octanol–water partition coefficient (Wildman–Crippen LogP) is 2.34. The van der Waals surface area contributed by atoms with Gasteiger partial charge >= 0.3 is 30.3 Å². The van der Waals surface area contributed by atoms with E-state index in [-0.39, 0.29) is 5.56 Å². The predicted molar refractivity (Wildman–Crippen MR) is 65.5 cm³/mol. The lowest BCUT2D eigenvalue weighted by Crippen LogP contribution is -2.30. The molecule has 0 aliphatic rings. The van der Waals surface area contributed by atoms with Crippen molar-refractivity contribution < 1.29 is 54.9 Å². The van der Waals surface area contributed by atoms with Gasteiger partial charge in [0.15, 0.2) is 11.5 Å². The van der Waals surface area contributed by atoms with Gasteiger partial charge in [0.1, 0.15) is 0 Å². The number of hydrogen-bond donors (Lipinski definition) is 0. The molecule has 0 aliphatic carbocycles. The molecular weight excluding hydrogens is 366 g/mol. The summed E-state index contributed by atoms with van der Waals surface area (Å²) in [5, 5.41) is 0. The minimum atomic E-state index is -5.45. The lowest BCUT2D eigenvalue weighted by molar-refractivity contribution is -0.191. The van der Waals surface area contributed by atoms with E-state index < -0.39 is 48.2 Å². The normalized spacial score (nSPS) is 11.6. The molecule has 0 unspecified atom stereocenters. The van der Waals surface area contributed by atoms with Crippen LogP contribution in [0.5, 0.6) is 11.5 Å². The summed E-state index contributed by atoms with van der Waals surface area (Å²) in [5.41, 5.74) is -0.0661. The molecule has 0 radical (unpaired) electrons. The number of hydrogen-bond acceptors (Lipinski definition) is 6. The number of alkyl halides is 6. The molecule has 1 aromatic carbocycles. The van der Waals surface area contributed by atoms with E-state index in [9.17, 15) is 40.7 Å². The fraction of sp³-hybridized carbons (Fsp3) is 0.308. The van der Waals surface area contributed by atoms with Crippen LogP contribution in [0.3, 0.4) is 0 Å². The first-order valence-corrected chi connectivity index (χ1v) is 6.12. The molecule has 0 saturated heterocycles. The largest absolute Gasteiger partial charge is 0.491 e. The molecule has 0 aromatic heterocycles. The van der Waals surface area contributed by atoms with Gasteiger partial charge in [-0.15, -0.1) is 0 Å². The van der Waals surface area contributed by atoms with Gasteiger partial charge in [0.25, 0.3) is 0 Å². The first-order valence-electron chi connectivity index (χ1n) is 6.12. The van der Waals surface area contributed by atoms with Crippen LogP contribution in [0, 0.1) is 0 Å². The van der Waals surface area contributed by atoms with Crippen LogP contribution in [0.4, 0.5) is 26.3 Å². The Balaban J connectivity index is 3.19. The summed E-state index contributed by atoms with van der Waals surface area (Å²) in [6.45, 7) is 0. The maximum Gasteiger partial charge on any atom is 0.491 e. The number of rotatable bonds is 4. The van der Waals surface area contributed by atoms with Gasteiger partial charge in [-0.2, -0.15) is 26.3 Å². The Morgan fingerprint density at radius 3 is 1.80 bits per heavy atom. The number of esters is 3. The molecular formula is C13H8F6O6. The Bertz CT molecular complexity index is 679. The van der Waals surface area contributed by atoms with Crippen LogP contribution in [0.15, 0.2) is 18.2 Å². The highest BCUT2D eigenvalue weighted by Gasteiger charge is 2.44. The number of ether oxygens (including phenoxy) is 3. The quantitative estimate of drug-likeness (QED) is 0.457. The van der Waals surface area contributed by atoms with Crippen molar-refractivity contribution in [3.8, 4) is 11.5 Å². The molecule has 0 saturated carbocycles. The van der Waals surface area contributed by atoms with Gasteiger partial charge in [0.2, 0.25) is 0 Å². The monoisotopic (exact) mass is 374 g/mol. The van der Waals surface area contributed by atoms with Crippen molar-refractivity contribution in [2.24, 2.45) is 0 Å². The van der Waals surface area contributed by atoms with Crippen molar-refractivity contribution in [1.29, 1.82) is 0 Å². The number of carbonyl (C=O) groups excluding carboxylic acids is 3. The van der Waals surface area contributed by atoms with Crippen molar-refractivity contribution in [1.82, 2.24) is 0 Å². The minimum Gasteiger partial charge on any atom is -0.469 e. The van der Waals surface area contributed by atoms with Crippen LogP contribution in [0.2, 0.25) is 0 Å². The summed E-state index contributed by atoms with van der Waals surface area (Å²) in [4.78, 5) is 32.8. The lowest BCUT2D eigenvalue weighted by atomic mass is 10.1. The van der Waals surface area contributed by atoms with Gasteiger partial charge in [0, 0.05) is 0 Å². The van der Waals surface area contributed by atoms with Crippen molar-refractivity contribution >= 4 is 17.9 Å². The molecule has 0 bridgehead atoms. The number of benzene rings is 1. The summed E-state index contributed by atoms with van der Waals surface area (Å²) in [6, 6.07) is 2.25. The Morgan fingerprint density at radius 2 is 1.36 bits per heavy atom. The van der Waals surface area contributed by atoms with Gasteiger partial charge in [-0.25, -0.2) is 9.59 Å². The van der Waals surface area contributed by atoms with Crippen molar-refractivity contribution in [3.63, 3.8) is 0 Å². The maximum absolute atomic E-state index is 12.2. The van der Waals surface area contributed by atoms with Crippen LogP contribution in [0.25, 0.3) is 0 Å². The second-order valence-corrected chi connectivity index (χ2v) is 4.31. The summed E-state index contributed by atoms with van der Waals surface area (Å²) < 4.78 is 85.4. The van der Waals surface area contributed by atoms with E-state index in [1.807, 2.05) is 0 Å². The van der Waals surface area contributed by atoms with E-state index in [0.717, 1.165) is 13.2 Å². The summed E-state index contributed by atoms with van der Waals surface area (Å²) >= 11 is 0. The Labute approximate surface area is 135 Å². The second-order valence-electron chi connectivity index (χ2n) is 4.31. The first-order chi connectivity index (χ1) is 11.3. The van der Waals surface area contributed by atoms with E-state index in [1.54, 1.807) is 0 Å². The Kier molecular flexibility index (Phi) is 6.00. The van der Waals surface area contributed by atoms with Crippen molar-refractivity contribution in [2.45, 2.75) is 18.8 Å². The highest BCUT2D eigenvalue weighted by molar-refractivity contribution is 5.81. The Morgan fingerprint density at radius 1 is 0.880 bits per heavy atom. The van der Waals surface area contributed by atoms with Crippen molar-refractivity contribution in [3.05, 3.63) is 23.8 Å². The molecule has 6 nitrogen and oxygen atoms in total. The van der Waals surface area contributed by atoms with E-state index in [4.69, 9.17) is 0 Å². The molecule has 0 aliphatic heterocycles. The van der Waals surface area contributed by atoms with Crippen molar-refractivity contribution in [2.75, 3.05) is 7.11 Å². The molecule has 0 heterocycles. The maximum atomic E-state index is 12.2. The van der Waals surface area contributed by atoms with Gasteiger partial charge in [-0.3, -0.25) is 4.79 Å². The molecule has 0 amide bonds. The van der Waals surface area contributed by atoms with E-state index in [2.05, 4.69) is 14.2 Å². The molecule has 12 heteroatoms. The zero-order chi connectivity index (χ0) is 19.4. The highest BCUT2D eigenvalue weighted by atomic mass is 19.4. The highest BCUT2D eigenvalue weighted by Crippen LogP contribution is 2.32. The minimum absolute atomic E-state index is 0.0661. The molecule has 1 rings (SSSR count). The Hall–Kier alpha value is -2.79. The molecule has 0 fully saturated rings. The zero-order valence-corrected chi connectivity index (χ0v) is 12.2. The van der Waals surface area contributed by atoms with Crippen LogP contribution < -0.4 is 9.47 Å². The summed E-state index contributed by atoms with van der Waals surface area (Å²) in [6.07, 6.45) is -11.4. The fourth-order valence-electron chi connectivity index (χ4n) is 1.38. The van der Waals surface area contributed by atoms with Gasteiger partial charge in [-0.05, 0) is 17.7 Å². The fourth-order valence-corrected chi connectivity index (χ4v) is 1.38. The molecule has 0 N–H and O–H groups in total. The van der Waals surface area contributed by atoms with Crippen LogP contribution in [-0.2, 0) is 25.5 Å². The zero-order valence-electron chi connectivity index (χ0n) is 12.2. The molecule has 25 heavy (non-hydrogen) atoms. The SMILES string of the molecule is COC(=O)Cc1ccc(OC(=O)C(F)(F)F)c(OC(=O)C(F)(F)F)c1. The molecule has 138 valence electrons. The van der Waals surface area contributed by atoms with Crippen LogP contribution >= 0.6 is 0 Å². The smallest absolute Gasteiger partial charge is 0.469 e. The number of carbonyl (C=O) groups is 3. The summed E-state index contributed by atoms with van der Waals surface area (Å²) in [5.74, 6) is -8.53. The standard InChI is InChI=1S/C13H8F6O6/c1-23-9(20)5-6-2-3-7(24-10(21)12(14,15)16)8(4-6)25-11(22)13(17,18)19/h2-4H,5H2,1H3. The van der Waals surface area contributed by atoms with Gasteiger partial charge < -0.3 is 14.2 Å².